The predicted molar refractivity (Wildman–Crippen MR) is 133 cm³/mol. The molecule has 2 heterocycles. The summed E-state index contributed by atoms with van der Waals surface area (Å²) in [5, 5.41) is 13.4. The van der Waals surface area contributed by atoms with Gasteiger partial charge in [0, 0.05) is 29.3 Å². The lowest BCUT2D eigenvalue weighted by molar-refractivity contribution is 0.0144. The zero-order valence-electron chi connectivity index (χ0n) is 20.1. The molecule has 1 fully saturated rings. The Morgan fingerprint density at radius 3 is 2.69 bits per heavy atom. The Morgan fingerprint density at radius 1 is 1.17 bits per heavy atom. The van der Waals surface area contributed by atoms with E-state index in [1.54, 1.807) is 6.07 Å². The minimum atomic E-state index is -0.764. The number of rotatable bonds is 4. The second-order valence-corrected chi connectivity index (χ2v) is 9.07. The Morgan fingerprint density at radius 2 is 1.94 bits per heavy atom. The second-order valence-electron chi connectivity index (χ2n) is 9.07. The highest BCUT2D eigenvalue weighted by Crippen LogP contribution is 2.30. The number of carbonyl (C=O) groups excluding carboxylic acids is 1. The molecule has 0 bridgehead atoms. The Hall–Kier alpha value is -3.69. The van der Waals surface area contributed by atoms with Crippen LogP contribution in [0.5, 0.6) is 5.75 Å². The lowest BCUT2D eigenvalue weighted by atomic mass is 9.96. The van der Waals surface area contributed by atoms with E-state index in [2.05, 4.69) is 22.1 Å². The van der Waals surface area contributed by atoms with Gasteiger partial charge in [-0.05, 0) is 69.5 Å². The summed E-state index contributed by atoms with van der Waals surface area (Å²) < 4.78 is 19.6. The van der Waals surface area contributed by atoms with Crippen molar-refractivity contribution in [3.05, 3.63) is 94.1 Å². The Labute approximate surface area is 205 Å². The molecule has 4 rings (SSSR count). The van der Waals surface area contributed by atoms with Crippen LogP contribution in [0.2, 0.25) is 0 Å². The minimum absolute atomic E-state index is 0.105. The van der Waals surface area contributed by atoms with E-state index in [1.165, 1.54) is 18.2 Å². The third kappa shape index (κ3) is 6.26. The fourth-order valence-electron chi connectivity index (χ4n) is 4.23. The Bertz CT molecular complexity index is 1280. The number of benzene rings is 2. The van der Waals surface area contributed by atoms with Crippen molar-refractivity contribution in [2.75, 3.05) is 6.61 Å². The van der Waals surface area contributed by atoms with Crippen LogP contribution in [0.1, 0.15) is 64.2 Å². The summed E-state index contributed by atoms with van der Waals surface area (Å²) in [4.78, 5) is 17.7. The third-order valence-electron chi connectivity index (χ3n) is 6.08. The molecule has 3 atom stereocenters. The first kappa shape index (κ1) is 24.4. The van der Waals surface area contributed by atoms with E-state index in [4.69, 9.17) is 4.74 Å². The summed E-state index contributed by atoms with van der Waals surface area (Å²) in [7, 11) is 0. The largest absolute Gasteiger partial charge is 0.508 e. The number of pyridine rings is 1. The van der Waals surface area contributed by atoms with Gasteiger partial charge in [-0.25, -0.2) is 9.37 Å². The molecule has 5 nitrogen and oxygen atoms in total. The first-order chi connectivity index (χ1) is 16.8. The number of hydrogen-bond acceptors (Lipinski definition) is 4. The van der Waals surface area contributed by atoms with Crippen LogP contribution >= 0.6 is 0 Å². The van der Waals surface area contributed by atoms with E-state index >= 15 is 0 Å². The summed E-state index contributed by atoms with van der Waals surface area (Å²) in [6.45, 7) is 6.52. The zero-order chi connectivity index (χ0) is 24.9. The molecule has 6 heteroatoms. The van der Waals surface area contributed by atoms with Crippen LogP contribution in [-0.4, -0.2) is 28.7 Å². The molecule has 1 saturated heterocycles. The molecule has 3 aromatic rings. The molecule has 1 aromatic heterocycles. The number of hydrogen-bond donors (Lipinski definition) is 2. The molecular formula is C29H29FN2O3. The lowest BCUT2D eigenvalue weighted by Crippen LogP contribution is -2.30. The highest BCUT2D eigenvalue weighted by atomic mass is 19.1. The Balaban J connectivity index is 1.63. The molecule has 0 radical (unpaired) electrons. The van der Waals surface area contributed by atoms with Gasteiger partial charge in [0.05, 0.1) is 12.1 Å². The number of aryl methyl sites for hydroxylation is 2. The normalized spacial score (nSPS) is 18.3. The average molecular weight is 473 g/mol. The number of ether oxygens (including phenoxy) is 1. The second kappa shape index (κ2) is 10.7. The van der Waals surface area contributed by atoms with Crippen molar-refractivity contribution in [3.63, 3.8) is 0 Å². The molecule has 1 amide bonds. The maximum atomic E-state index is 14.1. The van der Waals surface area contributed by atoms with Crippen molar-refractivity contribution < 1.29 is 19.0 Å². The average Bonchev–Trinajstić information content (AvgIpc) is 2.83. The van der Waals surface area contributed by atoms with Gasteiger partial charge in [0.15, 0.2) is 0 Å². The summed E-state index contributed by atoms with van der Waals surface area (Å²) in [6.07, 6.45) is 1.98. The van der Waals surface area contributed by atoms with Crippen molar-refractivity contribution in [2.24, 2.45) is 5.92 Å². The number of aromatic nitrogens is 1. The van der Waals surface area contributed by atoms with Crippen molar-refractivity contribution in [1.82, 2.24) is 10.3 Å². The number of aromatic hydroxyl groups is 1. The van der Waals surface area contributed by atoms with Gasteiger partial charge in [-0.3, -0.25) is 4.79 Å². The molecule has 0 spiro atoms. The standard InChI is InChI=1S/C29H29FN2O3/c1-18-4-8-23(9-5-18)28(25-17-24(30)10-11-27(25)33)32-29(34)26-16-22(14-19(2)31-26)7-6-21-12-13-35-20(3)15-21/h4-5,8-11,14,16-17,20-21,28,33H,12-13,15H2,1-3H3,(H,32,34)/t20-,21-,28?/m0/s1. The topological polar surface area (TPSA) is 71.5 Å². The molecular weight excluding hydrogens is 443 g/mol. The SMILES string of the molecule is Cc1ccc(C(NC(=O)c2cc(C#C[C@H]3CCO[C@@H](C)C3)cc(C)n2)c2cc(F)ccc2O)cc1. The molecule has 180 valence electrons. The van der Waals surface area contributed by atoms with E-state index in [0.717, 1.165) is 18.4 Å². The molecule has 1 aliphatic heterocycles. The van der Waals surface area contributed by atoms with Gasteiger partial charge in [0.2, 0.25) is 0 Å². The van der Waals surface area contributed by atoms with Crippen LogP contribution < -0.4 is 5.32 Å². The van der Waals surface area contributed by atoms with Crippen LogP contribution in [0.3, 0.4) is 0 Å². The molecule has 35 heavy (non-hydrogen) atoms. The number of halogens is 1. The maximum absolute atomic E-state index is 14.1. The zero-order valence-corrected chi connectivity index (χ0v) is 20.1. The third-order valence-corrected chi connectivity index (χ3v) is 6.08. The van der Waals surface area contributed by atoms with Crippen molar-refractivity contribution in [2.45, 2.75) is 45.8 Å². The fourth-order valence-corrected chi connectivity index (χ4v) is 4.23. The number of nitrogens with zero attached hydrogens (tertiary/aromatic N) is 1. The number of phenolic OH excluding ortho intramolecular Hbond substituents is 1. The fraction of sp³-hybridized carbons (Fsp3) is 0.310. The van der Waals surface area contributed by atoms with Gasteiger partial charge in [-0.2, -0.15) is 0 Å². The molecule has 0 saturated carbocycles. The number of amides is 1. The van der Waals surface area contributed by atoms with E-state index in [-0.39, 0.29) is 29.0 Å². The van der Waals surface area contributed by atoms with Crippen LogP contribution in [0.4, 0.5) is 4.39 Å². The molecule has 0 aliphatic carbocycles. The lowest BCUT2D eigenvalue weighted by Gasteiger charge is -2.23. The van der Waals surface area contributed by atoms with Crippen molar-refractivity contribution >= 4 is 5.91 Å². The summed E-state index contributed by atoms with van der Waals surface area (Å²) in [6, 6.07) is 13.9. The first-order valence-corrected chi connectivity index (χ1v) is 11.8. The van der Waals surface area contributed by atoms with Gasteiger partial charge < -0.3 is 15.2 Å². The van der Waals surface area contributed by atoms with Crippen molar-refractivity contribution in [3.8, 4) is 17.6 Å². The summed E-state index contributed by atoms with van der Waals surface area (Å²) in [5.74, 6) is 5.71. The van der Waals surface area contributed by atoms with Crippen LogP contribution in [0, 0.1) is 37.4 Å². The number of nitrogens with one attached hydrogen (secondary N) is 1. The molecule has 2 aromatic carbocycles. The quantitative estimate of drug-likeness (QED) is 0.510. The van der Waals surface area contributed by atoms with Crippen LogP contribution in [-0.2, 0) is 4.74 Å². The predicted octanol–water partition coefficient (Wildman–Crippen LogP) is 5.23. The van der Waals surface area contributed by atoms with Gasteiger partial charge in [0.1, 0.15) is 17.3 Å². The minimum Gasteiger partial charge on any atom is -0.508 e. The van der Waals surface area contributed by atoms with E-state index in [9.17, 15) is 14.3 Å². The van der Waals surface area contributed by atoms with Crippen LogP contribution in [0.25, 0.3) is 0 Å². The van der Waals surface area contributed by atoms with Gasteiger partial charge in [-0.15, -0.1) is 0 Å². The molecule has 1 aliphatic rings. The maximum Gasteiger partial charge on any atom is 0.270 e. The highest BCUT2D eigenvalue weighted by Gasteiger charge is 2.23. The highest BCUT2D eigenvalue weighted by molar-refractivity contribution is 5.93. The number of phenols is 1. The van der Waals surface area contributed by atoms with Gasteiger partial charge >= 0.3 is 0 Å². The smallest absolute Gasteiger partial charge is 0.270 e. The Kier molecular flexibility index (Phi) is 7.48. The van der Waals surface area contributed by atoms with E-state index < -0.39 is 17.8 Å². The van der Waals surface area contributed by atoms with E-state index in [1.807, 2.05) is 51.1 Å². The first-order valence-electron chi connectivity index (χ1n) is 11.8. The van der Waals surface area contributed by atoms with E-state index in [0.29, 0.717) is 23.4 Å². The number of carbonyl (C=O) groups is 1. The molecule has 2 N–H and O–H groups in total. The van der Waals surface area contributed by atoms with Crippen LogP contribution in [0.15, 0.2) is 54.6 Å². The summed E-state index contributed by atoms with van der Waals surface area (Å²) in [5.41, 5.74) is 3.62. The van der Waals surface area contributed by atoms with Crippen molar-refractivity contribution in [1.29, 1.82) is 0 Å². The summed E-state index contributed by atoms with van der Waals surface area (Å²) >= 11 is 0. The van der Waals surface area contributed by atoms with Gasteiger partial charge in [-0.1, -0.05) is 41.7 Å². The van der Waals surface area contributed by atoms with Gasteiger partial charge in [0.25, 0.3) is 5.91 Å². The molecule has 1 unspecified atom stereocenters. The monoisotopic (exact) mass is 472 g/mol.